The van der Waals surface area contributed by atoms with E-state index < -0.39 is 24.5 Å². The van der Waals surface area contributed by atoms with Crippen LogP contribution in [0.15, 0.2) is 0 Å². The van der Waals surface area contributed by atoms with Crippen LogP contribution in [0.3, 0.4) is 0 Å². The number of likely N-dealkylation sites (N-methyl/N-ethyl adjacent to an activating group) is 1. The average molecular weight is 541 g/mol. The first-order valence-corrected chi connectivity index (χ1v) is 14.4. The summed E-state index contributed by atoms with van der Waals surface area (Å²) in [7, 11) is 1.97. The van der Waals surface area contributed by atoms with Crippen LogP contribution in [0.1, 0.15) is 59.8 Å². The second kappa shape index (κ2) is 12.6. The molecule has 12 nitrogen and oxygen atoms in total. The van der Waals surface area contributed by atoms with E-state index in [4.69, 9.17) is 10.5 Å². The molecule has 8 atom stereocenters. The molecule has 3 heterocycles. The Hall–Kier alpha value is -1.09. The lowest BCUT2D eigenvalue weighted by molar-refractivity contribution is -0.106. The molecule has 5 unspecified atom stereocenters. The van der Waals surface area contributed by atoms with Gasteiger partial charge in [-0.05, 0) is 64.0 Å². The molecule has 38 heavy (non-hydrogen) atoms. The van der Waals surface area contributed by atoms with Crippen LogP contribution in [0.2, 0.25) is 0 Å². The van der Waals surface area contributed by atoms with Gasteiger partial charge in [0.2, 0.25) is 0 Å². The lowest BCUT2D eigenvalue weighted by Gasteiger charge is -2.38. The van der Waals surface area contributed by atoms with Crippen molar-refractivity contribution in [1.29, 1.82) is 0 Å². The van der Waals surface area contributed by atoms with Gasteiger partial charge in [0.1, 0.15) is 24.5 Å². The number of ether oxygens (including phenoxy) is 1. The summed E-state index contributed by atoms with van der Waals surface area (Å²) in [5, 5.41) is 37.6. The highest BCUT2D eigenvalue weighted by Gasteiger charge is 2.51. The van der Waals surface area contributed by atoms with Crippen molar-refractivity contribution in [3.8, 4) is 0 Å². The van der Waals surface area contributed by atoms with Gasteiger partial charge in [0, 0.05) is 25.3 Å². The Kier molecular flexibility index (Phi) is 9.92. The number of carbonyl (C=O) groups excluding carboxylic acids is 1. The molecule has 0 aromatic heterocycles. The lowest BCUT2D eigenvalue weighted by Crippen LogP contribution is -2.68. The molecule has 12 heteroatoms. The van der Waals surface area contributed by atoms with Crippen molar-refractivity contribution >= 4 is 6.03 Å². The minimum Gasteiger partial charge on any atom is -0.387 e. The van der Waals surface area contributed by atoms with Gasteiger partial charge < -0.3 is 36.2 Å². The Morgan fingerprint density at radius 2 is 1.87 bits per heavy atom. The van der Waals surface area contributed by atoms with Crippen LogP contribution < -0.4 is 32.3 Å². The van der Waals surface area contributed by atoms with E-state index in [1.165, 1.54) is 0 Å². The number of rotatable bonds is 8. The molecule has 2 amide bonds. The van der Waals surface area contributed by atoms with E-state index in [0.717, 1.165) is 44.6 Å². The zero-order valence-electron chi connectivity index (χ0n) is 23.8. The van der Waals surface area contributed by atoms with Crippen LogP contribution in [-0.2, 0) is 4.74 Å². The van der Waals surface area contributed by atoms with Crippen LogP contribution in [0.25, 0.3) is 0 Å². The molecular weight excluding hydrogens is 488 g/mol. The first-order chi connectivity index (χ1) is 17.9. The van der Waals surface area contributed by atoms with Crippen LogP contribution >= 0.6 is 0 Å². The van der Waals surface area contributed by atoms with E-state index in [-0.39, 0.29) is 36.5 Å². The van der Waals surface area contributed by atoms with Gasteiger partial charge in [0.05, 0.1) is 25.0 Å². The second-order valence-corrected chi connectivity index (χ2v) is 13.0. The van der Waals surface area contributed by atoms with Crippen LogP contribution in [0.5, 0.6) is 0 Å². The van der Waals surface area contributed by atoms with Crippen LogP contribution in [0.4, 0.5) is 4.79 Å². The number of hydrogen-bond donors (Lipinski definition) is 8. The van der Waals surface area contributed by atoms with Gasteiger partial charge in [-0.3, -0.25) is 16.0 Å². The molecular formula is C26H52N8O4. The number of nitrogens with zero attached hydrogens (tertiary/aromatic N) is 2. The minimum atomic E-state index is -1.01. The Bertz CT molecular complexity index is 777. The fraction of sp³-hybridized carbons (Fsp3) is 0.962. The Labute approximate surface area is 227 Å². The van der Waals surface area contributed by atoms with Gasteiger partial charge in [-0.2, -0.15) is 0 Å². The van der Waals surface area contributed by atoms with Gasteiger partial charge in [-0.1, -0.05) is 20.8 Å². The van der Waals surface area contributed by atoms with Gasteiger partial charge in [0.25, 0.3) is 0 Å². The number of carbonyl (C=O) groups is 1. The first kappa shape index (κ1) is 29.9. The van der Waals surface area contributed by atoms with Crippen LogP contribution in [0, 0.1) is 11.3 Å². The normalized spacial score (nSPS) is 39.2. The third-order valence-corrected chi connectivity index (χ3v) is 9.01. The minimum absolute atomic E-state index is 0.0110. The molecule has 0 radical (unpaired) electrons. The zero-order valence-corrected chi connectivity index (χ0v) is 23.8. The molecule has 3 aliphatic heterocycles. The predicted octanol–water partition coefficient (Wildman–Crippen LogP) is -0.960. The summed E-state index contributed by atoms with van der Waals surface area (Å²) in [6.07, 6.45) is 1.78. The Balaban J connectivity index is 1.16. The van der Waals surface area contributed by atoms with E-state index in [1.807, 2.05) is 18.9 Å². The predicted molar refractivity (Wildman–Crippen MR) is 146 cm³/mol. The molecule has 3 saturated heterocycles. The van der Waals surface area contributed by atoms with Crippen molar-refractivity contribution in [2.45, 2.75) is 115 Å². The van der Waals surface area contributed by atoms with E-state index in [1.54, 1.807) is 0 Å². The van der Waals surface area contributed by atoms with Crippen molar-refractivity contribution in [3.63, 3.8) is 0 Å². The number of aliphatic hydroxyl groups excluding tert-OH is 2. The highest BCUT2D eigenvalue weighted by Crippen LogP contribution is 2.37. The maximum absolute atomic E-state index is 12.5. The Morgan fingerprint density at radius 3 is 2.55 bits per heavy atom. The largest absolute Gasteiger partial charge is 0.387 e. The molecule has 4 rings (SSSR count). The summed E-state index contributed by atoms with van der Waals surface area (Å²) in [5.74, 6) is 0.722. The van der Waals surface area contributed by atoms with E-state index in [9.17, 15) is 15.0 Å². The summed E-state index contributed by atoms with van der Waals surface area (Å²) < 4.78 is 6.17. The number of amides is 2. The fourth-order valence-electron chi connectivity index (χ4n) is 6.44. The van der Waals surface area contributed by atoms with Crippen molar-refractivity contribution in [2.75, 3.05) is 33.5 Å². The summed E-state index contributed by atoms with van der Waals surface area (Å²) in [5.41, 5.74) is 6.49. The van der Waals surface area contributed by atoms with E-state index in [0.29, 0.717) is 25.3 Å². The van der Waals surface area contributed by atoms with Gasteiger partial charge in [0.15, 0.2) is 0 Å². The molecule has 9 N–H and O–H groups in total. The van der Waals surface area contributed by atoms with E-state index >= 15 is 0 Å². The average Bonchev–Trinajstić information content (AvgIpc) is 3.40. The molecule has 0 bridgehead atoms. The summed E-state index contributed by atoms with van der Waals surface area (Å²) in [6, 6.07) is 0.159. The molecule has 0 aromatic carbocycles. The molecule has 1 aliphatic carbocycles. The highest BCUT2D eigenvalue weighted by molar-refractivity contribution is 5.74. The smallest absolute Gasteiger partial charge is 0.315 e. The van der Waals surface area contributed by atoms with Crippen molar-refractivity contribution < 1.29 is 19.7 Å². The lowest BCUT2D eigenvalue weighted by atomic mass is 9.71. The number of fused-ring (bicyclic) bond motifs is 1. The maximum Gasteiger partial charge on any atom is 0.315 e. The van der Waals surface area contributed by atoms with Crippen LogP contribution in [-0.4, -0.2) is 115 Å². The quantitative estimate of drug-likeness (QED) is 0.193. The third-order valence-electron chi connectivity index (χ3n) is 9.01. The topological polar surface area (TPSA) is 159 Å². The SMILES string of the molecule is C[C@H](CCN(C)CC1OC(N2CNC3C(N)NCNC32)[C@H](O)[C@@H]1O)NC(=O)NC1CCC(C(C)(C)C)CC1. The molecule has 220 valence electrons. The van der Waals surface area contributed by atoms with Crippen molar-refractivity contribution in [3.05, 3.63) is 0 Å². The molecule has 4 fully saturated rings. The summed E-state index contributed by atoms with van der Waals surface area (Å²) in [6.45, 7) is 11.2. The van der Waals surface area contributed by atoms with E-state index in [2.05, 4.69) is 52.3 Å². The highest BCUT2D eigenvalue weighted by atomic mass is 16.6. The summed E-state index contributed by atoms with van der Waals surface area (Å²) >= 11 is 0. The maximum atomic E-state index is 12.5. The first-order valence-electron chi connectivity index (χ1n) is 14.4. The Morgan fingerprint density at radius 1 is 1.16 bits per heavy atom. The number of urea groups is 1. The number of aliphatic hydroxyl groups is 2. The fourth-order valence-corrected chi connectivity index (χ4v) is 6.44. The molecule has 4 aliphatic rings. The van der Waals surface area contributed by atoms with Gasteiger partial charge in [-0.25, -0.2) is 9.69 Å². The molecule has 1 saturated carbocycles. The third kappa shape index (κ3) is 7.15. The zero-order chi connectivity index (χ0) is 27.6. The van der Waals surface area contributed by atoms with Gasteiger partial charge >= 0.3 is 6.03 Å². The molecule has 0 spiro atoms. The summed E-state index contributed by atoms with van der Waals surface area (Å²) in [4.78, 5) is 16.6. The standard InChI is InChI=1S/C26H52N8O4/c1-15(31-25(37)32-17-8-6-16(7-9-17)26(2,3)4)10-11-33(5)12-18-20(35)21(36)24(38-18)34-14-30-19-22(27)28-13-29-23(19)34/h15-24,28-30,35-36H,6-14,27H2,1-5H3,(H2,31,32,37)/t15-,16?,17?,18?,19?,20-,21-,22?,23?,24?/m1/s1. The van der Waals surface area contributed by atoms with Crippen molar-refractivity contribution in [2.24, 2.45) is 17.1 Å². The number of nitrogens with one attached hydrogen (secondary N) is 5. The second-order valence-electron chi connectivity index (χ2n) is 13.0. The number of nitrogens with two attached hydrogens (primary N) is 1. The number of hydrogen-bond acceptors (Lipinski definition) is 10. The monoisotopic (exact) mass is 540 g/mol. The van der Waals surface area contributed by atoms with Crippen molar-refractivity contribution in [1.82, 2.24) is 36.4 Å². The van der Waals surface area contributed by atoms with Gasteiger partial charge in [-0.15, -0.1) is 0 Å². The molecule has 0 aromatic rings.